The number of benzene rings is 1. The smallest absolute Gasteiger partial charge is 0.300 e. The molecule has 7 nitrogen and oxygen atoms in total. The standard InChI is InChI=1S/C13H16N4O3/c18-17(19)11-7-6-10(12-13(11)16-20-15-12)14-8-9-4-2-1-3-5-9/h6-7,9,14H,1-5,8H2. The molecule has 0 bridgehead atoms. The van der Waals surface area contributed by atoms with E-state index >= 15 is 0 Å². The van der Waals surface area contributed by atoms with E-state index < -0.39 is 4.92 Å². The van der Waals surface area contributed by atoms with Gasteiger partial charge in [0.1, 0.15) is 0 Å². The maximum atomic E-state index is 10.9. The first-order valence-corrected chi connectivity index (χ1v) is 6.89. The second-order valence-corrected chi connectivity index (χ2v) is 5.24. The molecule has 1 aliphatic carbocycles. The largest absolute Gasteiger partial charge is 0.383 e. The van der Waals surface area contributed by atoms with Gasteiger partial charge in [-0.1, -0.05) is 19.3 Å². The van der Waals surface area contributed by atoms with E-state index in [1.165, 1.54) is 38.2 Å². The van der Waals surface area contributed by atoms with Gasteiger partial charge in [0.15, 0.2) is 5.52 Å². The van der Waals surface area contributed by atoms with Crippen LogP contribution in [0, 0.1) is 16.0 Å². The Bertz CT molecular complexity index is 619. The topological polar surface area (TPSA) is 94.1 Å². The predicted octanol–water partition coefficient (Wildman–Crippen LogP) is 3.12. The van der Waals surface area contributed by atoms with E-state index in [2.05, 4.69) is 20.3 Å². The minimum Gasteiger partial charge on any atom is -0.383 e. The maximum absolute atomic E-state index is 10.9. The molecule has 1 saturated carbocycles. The molecule has 1 aromatic carbocycles. The predicted molar refractivity (Wildman–Crippen MR) is 73.5 cm³/mol. The first-order chi connectivity index (χ1) is 9.75. The molecule has 0 aliphatic heterocycles. The van der Waals surface area contributed by atoms with Crippen LogP contribution in [0.4, 0.5) is 11.4 Å². The summed E-state index contributed by atoms with van der Waals surface area (Å²) < 4.78 is 4.64. The molecule has 1 fully saturated rings. The lowest BCUT2D eigenvalue weighted by molar-refractivity contribution is -0.383. The third kappa shape index (κ3) is 2.43. The number of non-ortho nitro benzene ring substituents is 1. The molecule has 106 valence electrons. The Hall–Kier alpha value is -2.18. The number of hydrogen-bond donors (Lipinski definition) is 1. The Labute approximate surface area is 115 Å². The summed E-state index contributed by atoms with van der Waals surface area (Å²) in [5.41, 5.74) is 1.29. The summed E-state index contributed by atoms with van der Waals surface area (Å²) in [6, 6.07) is 3.11. The number of hydrogen-bond acceptors (Lipinski definition) is 6. The Morgan fingerprint density at radius 3 is 2.75 bits per heavy atom. The summed E-state index contributed by atoms with van der Waals surface area (Å²) in [6.07, 6.45) is 6.37. The average Bonchev–Trinajstić information content (AvgIpc) is 2.95. The summed E-state index contributed by atoms with van der Waals surface area (Å²) in [5.74, 6) is 0.661. The summed E-state index contributed by atoms with van der Waals surface area (Å²) in [7, 11) is 0. The van der Waals surface area contributed by atoms with Crippen LogP contribution in [-0.4, -0.2) is 21.8 Å². The highest BCUT2D eigenvalue weighted by molar-refractivity contribution is 5.93. The zero-order valence-corrected chi connectivity index (χ0v) is 11.0. The van der Waals surface area contributed by atoms with E-state index in [9.17, 15) is 10.1 Å². The fourth-order valence-corrected chi connectivity index (χ4v) is 2.79. The fraction of sp³-hybridized carbons (Fsp3) is 0.538. The fourth-order valence-electron chi connectivity index (χ4n) is 2.79. The van der Waals surface area contributed by atoms with Crippen LogP contribution in [0.1, 0.15) is 32.1 Å². The van der Waals surface area contributed by atoms with E-state index in [1.807, 2.05) is 0 Å². The number of nitro benzene ring substituents is 1. The highest BCUT2D eigenvalue weighted by Crippen LogP contribution is 2.30. The number of nitrogens with one attached hydrogen (secondary N) is 1. The highest BCUT2D eigenvalue weighted by atomic mass is 16.6. The molecule has 1 aromatic heterocycles. The van der Waals surface area contributed by atoms with Crippen molar-refractivity contribution in [3.63, 3.8) is 0 Å². The number of rotatable bonds is 4. The van der Waals surface area contributed by atoms with Gasteiger partial charge in [-0.2, -0.15) is 0 Å². The zero-order chi connectivity index (χ0) is 13.9. The van der Waals surface area contributed by atoms with Crippen LogP contribution in [0.15, 0.2) is 16.8 Å². The van der Waals surface area contributed by atoms with E-state index in [-0.39, 0.29) is 11.2 Å². The minimum atomic E-state index is -0.475. The lowest BCUT2D eigenvalue weighted by Gasteiger charge is -2.22. The molecule has 0 amide bonds. The van der Waals surface area contributed by atoms with E-state index in [0.717, 1.165) is 12.2 Å². The van der Waals surface area contributed by atoms with Gasteiger partial charge in [-0.25, -0.2) is 4.63 Å². The quantitative estimate of drug-likeness (QED) is 0.681. The molecule has 7 heteroatoms. The van der Waals surface area contributed by atoms with Gasteiger partial charge in [-0.05, 0) is 35.1 Å². The Morgan fingerprint density at radius 2 is 2.00 bits per heavy atom. The Kier molecular flexibility index (Phi) is 3.49. The van der Waals surface area contributed by atoms with Crippen molar-refractivity contribution in [1.82, 2.24) is 10.3 Å². The molecule has 2 aromatic rings. The van der Waals surface area contributed by atoms with Crippen molar-refractivity contribution in [1.29, 1.82) is 0 Å². The van der Waals surface area contributed by atoms with E-state index in [1.54, 1.807) is 6.07 Å². The van der Waals surface area contributed by atoms with E-state index in [4.69, 9.17) is 0 Å². The summed E-state index contributed by atoms with van der Waals surface area (Å²) in [6.45, 7) is 0.861. The second kappa shape index (κ2) is 5.44. The molecule has 1 heterocycles. The summed E-state index contributed by atoms with van der Waals surface area (Å²) in [4.78, 5) is 10.4. The number of anilines is 1. The molecule has 1 aliphatic rings. The second-order valence-electron chi connectivity index (χ2n) is 5.24. The van der Waals surface area contributed by atoms with Crippen LogP contribution < -0.4 is 5.32 Å². The molecule has 3 rings (SSSR count). The number of aromatic nitrogens is 2. The van der Waals surface area contributed by atoms with Crippen LogP contribution in [0.3, 0.4) is 0 Å². The molecular weight excluding hydrogens is 260 g/mol. The lowest BCUT2D eigenvalue weighted by Crippen LogP contribution is -2.17. The first kappa shape index (κ1) is 12.8. The van der Waals surface area contributed by atoms with Gasteiger partial charge in [-0.3, -0.25) is 10.1 Å². The van der Waals surface area contributed by atoms with Gasteiger partial charge in [0.2, 0.25) is 5.52 Å². The number of fused-ring (bicyclic) bond motifs is 1. The number of nitro groups is 1. The molecule has 0 unspecified atom stereocenters. The summed E-state index contributed by atoms with van der Waals surface area (Å²) in [5, 5.41) is 21.6. The summed E-state index contributed by atoms with van der Waals surface area (Å²) >= 11 is 0. The van der Waals surface area contributed by atoms with Crippen LogP contribution in [0.25, 0.3) is 11.0 Å². The normalized spacial score (nSPS) is 16.4. The van der Waals surface area contributed by atoms with Crippen molar-refractivity contribution in [2.24, 2.45) is 5.92 Å². The SMILES string of the molecule is O=[N+]([O-])c1ccc(NCC2CCCCC2)c2nonc12. The maximum Gasteiger partial charge on any atom is 0.300 e. The van der Waals surface area contributed by atoms with Gasteiger partial charge in [0, 0.05) is 12.6 Å². The van der Waals surface area contributed by atoms with Crippen molar-refractivity contribution in [3.05, 3.63) is 22.2 Å². The molecule has 20 heavy (non-hydrogen) atoms. The van der Waals surface area contributed by atoms with Gasteiger partial charge in [0.25, 0.3) is 0 Å². The number of nitrogens with zero attached hydrogens (tertiary/aromatic N) is 3. The molecule has 1 N–H and O–H groups in total. The van der Waals surface area contributed by atoms with Gasteiger partial charge in [-0.15, -0.1) is 0 Å². The van der Waals surface area contributed by atoms with Crippen LogP contribution in [0.5, 0.6) is 0 Å². The average molecular weight is 276 g/mol. The van der Waals surface area contributed by atoms with Crippen molar-refractivity contribution in [3.8, 4) is 0 Å². The van der Waals surface area contributed by atoms with Crippen LogP contribution in [0.2, 0.25) is 0 Å². The van der Waals surface area contributed by atoms with Gasteiger partial charge in [0.05, 0.1) is 10.6 Å². The van der Waals surface area contributed by atoms with Crippen molar-refractivity contribution in [2.75, 3.05) is 11.9 Å². The van der Waals surface area contributed by atoms with Gasteiger partial charge >= 0.3 is 5.69 Å². The Morgan fingerprint density at radius 1 is 1.25 bits per heavy atom. The molecule has 0 saturated heterocycles. The van der Waals surface area contributed by atoms with Gasteiger partial charge < -0.3 is 5.32 Å². The van der Waals surface area contributed by atoms with Crippen LogP contribution >= 0.6 is 0 Å². The third-order valence-electron chi connectivity index (χ3n) is 3.90. The first-order valence-electron chi connectivity index (χ1n) is 6.89. The Balaban J connectivity index is 1.79. The minimum absolute atomic E-state index is 0.0792. The lowest BCUT2D eigenvalue weighted by atomic mass is 9.89. The molecular formula is C13H16N4O3. The zero-order valence-electron chi connectivity index (χ0n) is 11.0. The van der Waals surface area contributed by atoms with E-state index in [0.29, 0.717) is 11.4 Å². The monoisotopic (exact) mass is 276 g/mol. The molecule has 0 spiro atoms. The van der Waals surface area contributed by atoms with Crippen molar-refractivity contribution < 1.29 is 9.55 Å². The highest BCUT2D eigenvalue weighted by Gasteiger charge is 2.20. The third-order valence-corrected chi connectivity index (χ3v) is 3.90. The van der Waals surface area contributed by atoms with Crippen molar-refractivity contribution in [2.45, 2.75) is 32.1 Å². The molecule has 0 radical (unpaired) electrons. The van der Waals surface area contributed by atoms with Crippen molar-refractivity contribution >= 4 is 22.4 Å². The van der Waals surface area contributed by atoms with Crippen LogP contribution in [-0.2, 0) is 0 Å². The molecule has 0 atom stereocenters.